The standard InChI is InChI=1S/C18H22FO3P/c1-4-21-23(20,22-5-2)14(3)16-11-12-17(18(19)13-16)15-9-7-6-8-10-15/h6-14H,4-5H2,1-3H3. The summed E-state index contributed by atoms with van der Waals surface area (Å²) in [5.41, 5.74) is 1.40. The predicted molar refractivity (Wildman–Crippen MR) is 91.1 cm³/mol. The van der Waals surface area contributed by atoms with Gasteiger partial charge >= 0.3 is 7.60 Å². The van der Waals surface area contributed by atoms with Crippen LogP contribution in [0.2, 0.25) is 0 Å². The molecule has 1 unspecified atom stereocenters. The lowest BCUT2D eigenvalue weighted by Gasteiger charge is -2.24. The minimum absolute atomic E-state index is 0.284. The smallest absolute Gasteiger partial charge is 0.308 e. The molecule has 0 aliphatic carbocycles. The Hall–Kier alpha value is -1.48. The van der Waals surface area contributed by atoms with Crippen LogP contribution in [0.3, 0.4) is 0 Å². The molecule has 1 atom stereocenters. The van der Waals surface area contributed by atoms with Gasteiger partial charge in [-0.05, 0) is 38.0 Å². The van der Waals surface area contributed by atoms with E-state index in [1.165, 1.54) is 6.07 Å². The predicted octanol–water partition coefficient (Wildman–Crippen LogP) is 5.82. The highest BCUT2D eigenvalue weighted by Crippen LogP contribution is 2.60. The van der Waals surface area contributed by atoms with Gasteiger partial charge in [0.05, 0.1) is 18.9 Å². The van der Waals surface area contributed by atoms with Crippen LogP contribution in [-0.2, 0) is 13.6 Å². The van der Waals surface area contributed by atoms with Gasteiger partial charge in [0.25, 0.3) is 0 Å². The van der Waals surface area contributed by atoms with Crippen LogP contribution in [-0.4, -0.2) is 13.2 Å². The molecule has 0 amide bonds. The van der Waals surface area contributed by atoms with E-state index in [1.54, 1.807) is 32.9 Å². The molecule has 5 heteroatoms. The van der Waals surface area contributed by atoms with Gasteiger partial charge in [-0.3, -0.25) is 4.57 Å². The number of hydrogen-bond acceptors (Lipinski definition) is 3. The first kappa shape index (κ1) is 17.9. The van der Waals surface area contributed by atoms with Crippen molar-refractivity contribution in [3.05, 3.63) is 59.9 Å². The summed E-state index contributed by atoms with van der Waals surface area (Å²) in [5, 5.41) is 0. The van der Waals surface area contributed by atoms with Gasteiger partial charge in [0, 0.05) is 5.56 Å². The quantitative estimate of drug-likeness (QED) is 0.598. The van der Waals surface area contributed by atoms with Crippen LogP contribution in [0.25, 0.3) is 11.1 Å². The largest absolute Gasteiger partial charge is 0.337 e. The van der Waals surface area contributed by atoms with E-state index in [9.17, 15) is 8.96 Å². The van der Waals surface area contributed by atoms with Crippen molar-refractivity contribution in [2.75, 3.05) is 13.2 Å². The Labute approximate surface area is 137 Å². The Morgan fingerprint density at radius 1 is 1.04 bits per heavy atom. The zero-order valence-corrected chi connectivity index (χ0v) is 14.6. The van der Waals surface area contributed by atoms with Crippen molar-refractivity contribution in [2.45, 2.75) is 26.4 Å². The Balaban J connectivity index is 2.34. The number of rotatable bonds is 7. The first-order chi connectivity index (χ1) is 11.0. The molecule has 0 radical (unpaired) electrons. The first-order valence-corrected chi connectivity index (χ1v) is 9.36. The topological polar surface area (TPSA) is 35.5 Å². The maximum atomic E-state index is 14.5. The van der Waals surface area contributed by atoms with E-state index >= 15 is 0 Å². The lowest BCUT2D eigenvalue weighted by Crippen LogP contribution is -2.04. The molecule has 124 valence electrons. The summed E-state index contributed by atoms with van der Waals surface area (Å²) in [4.78, 5) is 0. The van der Waals surface area contributed by atoms with E-state index < -0.39 is 13.3 Å². The van der Waals surface area contributed by atoms with Crippen LogP contribution >= 0.6 is 7.60 Å². The van der Waals surface area contributed by atoms with Crippen LogP contribution in [0.1, 0.15) is 32.0 Å². The molecule has 0 saturated carbocycles. The summed E-state index contributed by atoms with van der Waals surface area (Å²) in [5.74, 6) is -0.347. The molecule has 2 aromatic rings. The third-order valence-electron chi connectivity index (χ3n) is 3.65. The second-order valence-corrected chi connectivity index (χ2v) is 7.53. The summed E-state index contributed by atoms with van der Waals surface area (Å²) < 4.78 is 38.0. The third kappa shape index (κ3) is 4.08. The van der Waals surface area contributed by atoms with Crippen molar-refractivity contribution in [3.8, 4) is 11.1 Å². The number of hydrogen-bond donors (Lipinski definition) is 0. The van der Waals surface area contributed by atoms with Gasteiger partial charge in [-0.15, -0.1) is 0 Å². The fourth-order valence-corrected chi connectivity index (χ4v) is 4.21. The second-order valence-electron chi connectivity index (χ2n) is 5.16. The van der Waals surface area contributed by atoms with Gasteiger partial charge in [0.15, 0.2) is 0 Å². The molecule has 0 aliphatic rings. The van der Waals surface area contributed by atoms with Gasteiger partial charge in [0.1, 0.15) is 5.82 Å². The first-order valence-electron chi connectivity index (χ1n) is 7.75. The summed E-state index contributed by atoms with van der Waals surface area (Å²) in [6, 6.07) is 14.2. The highest BCUT2D eigenvalue weighted by atomic mass is 31.2. The van der Waals surface area contributed by atoms with E-state index in [2.05, 4.69) is 0 Å². The number of halogens is 1. The Morgan fingerprint density at radius 2 is 1.65 bits per heavy atom. The monoisotopic (exact) mass is 336 g/mol. The van der Waals surface area contributed by atoms with Gasteiger partial charge in [-0.2, -0.15) is 0 Å². The van der Waals surface area contributed by atoms with Crippen LogP contribution < -0.4 is 0 Å². The lowest BCUT2D eigenvalue weighted by atomic mass is 10.0. The minimum atomic E-state index is -3.31. The van der Waals surface area contributed by atoms with E-state index in [0.717, 1.165) is 5.56 Å². The van der Waals surface area contributed by atoms with Gasteiger partial charge in [0.2, 0.25) is 0 Å². The van der Waals surface area contributed by atoms with Crippen molar-refractivity contribution in [3.63, 3.8) is 0 Å². The van der Waals surface area contributed by atoms with Crippen LogP contribution in [0.4, 0.5) is 4.39 Å². The molecule has 23 heavy (non-hydrogen) atoms. The highest BCUT2D eigenvalue weighted by Gasteiger charge is 2.33. The number of benzene rings is 2. The van der Waals surface area contributed by atoms with Crippen LogP contribution in [0.5, 0.6) is 0 Å². The van der Waals surface area contributed by atoms with Crippen molar-refractivity contribution in [2.24, 2.45) is 0 Å². The third-order valence-corrected chi connectivity index (χ3v) is 6.14. The molecule has 0 spiro atoms. The Bertz CT molecular complexity index is 678. The fourth-order valence-electron chi connectivity index (χ4n) is 2.45. The summed E-state index contributed by atoms with van der Waals surface area (Å²) >= 11 is 0. The fraction of sp³-hybridized carbons (Fsp3) is 0.333. The molecular formula is C18H22FO3P. The maximum absolute atomic E-state index is 14.5. The normalized spacial score (nSPS) is 13.0. The summed E-state index contributed by atoms with van der Waals surface area (Å²) in [6.45, 7) is 5.83. The summed E-state index contributed by atoms with van der Waals surface area (Å²) in [6.07, 6.45) is 0. The van der Waals surface area contributed by atoms with E-state index in [4.69, 9.17) is 9.05 Å². The SMILES string of the molecule is CCOP(=O)(OCC)C(C)c1ccc(-c2ccccc2)c(F)c1. The van der Waals surface area contributed by atoms with E-state index in [0.29, 0.717) is 11.1 Å². The van der Waals surface area contributed by atoms with Gasteiger partial charge in [-0.1, -0.05) is 42.5 Å². The summed E-state index contributed by atoms with van der Waals surface area (Å²) in [7, 11) is -3.31. The van der Waals surface area contributed by atoms with Gasteiger partial charge < -0.3 is 9.05 Å². The van der Waals surface area contributed by atoms with Crippen molar-refractivity contribution in [1.82, 2.24) is 0 Å². The molecule has 3 nitrogen and oxygen atoms in total. The molecule has 2 rings (SSSR count). The zero-order chi connectivity index (χ0) is 16.9. The van der Waals surface area contributed by atoms with E-state index in [-0.39, 0.29) is 19.0 Å². The maximum Gasteiger partial charge on any atom is 0.337 e. The molecule has 0 N–H and O–H groups in total. The molecule has 0 fully saturated rings. The zero-order valence-electron chi connectivity index (χ0n) is 13.7. The Morgan fingerprint density at radius 3 is 2.17 bits per heavy atom. The van der Waals surface area contributed by atoms with Gasteiger partial charge in [-0.25, -0.2) is 4.39 Å². The van der Waals surface area contributed by atoms with Crippen molar-refractivity contribution < 1.29 is 18.0 Å². The lowest BCUT2D eigenvalue weighted by molar-refractivity contribution is 0.213. The molecule has 0 saturated heterocycles. The minimum Gasteiger partial charge on any atom is -0.308 e. The molecule has 0 heterocycles. The van der Waals surface area contributed by atoms with Crippen molar-refractivity contribution in [1.29, 1.82) is 0 Å². The Kier molecular flexibility index (Phi) is 6.11. The molecular weight excluding hydrogens is 314 g/mol. The molecule has 0 bridgehead atoms. The van der Waals surface area contributed by atoms with E-state index in [1.807, 2.05) is 30.3 Å². The second kappa shape index (κ2) is 7.87. The molecule has 2 aromatic carbocycles. The average Bonchev–Trinajstić information content (AvgIpc) is 2.55. The molecule has 0 aliphatic heterocycles. The van der Waals surface area contributed by atoms with Crippen LogP contribution in [0, 0.1) is 5.82 Å². The van der Waals surface area contributed by atoms with Crippen LogP contribution in [0.15, 0.2) is 48.5 Å². The van der Waals surface area contributed by atoms with Crippen molar-refractivity contribution >= 4 is 7.60 Å². The molecule has 0 aromatic heterocycles. The average molecular weight is 336 g/mol. The highest BCUT2D eigenvalue weighted by molar-refractivity contribution is 7.54.